The van der Waals surface area contributed by atoms with Crippen molar-refractivity contribution < 1.29 is 0 Å². The molecule has 0 aliphatic carbocycles. The SMILES string of the molecule is Cc1[nH]cnc1CNc1ccccc1-n1ccnn1. The first-order valence-corrected chi connectivity index (χ1v) is 6.03. The summed E-state index contributed by atoms with van der Waals surface area (Å²) in [5, 5.41) is 11.2. The van der Waals surface area contributed by atoms with Crippen molar-refractivity contribution in [2.24, 2.45) is 0 Å². The van der Waals surface area contributed by atoms with Crippen LogP contribution in [-0.2, 0) is 6.54 Å². The van der Waals surface area contributed by atoms with Crippen LogP contribution >= 0.6 is 0 Å². The summed E-state index contributed by atoms with van der Waals surface area (Å²) in [5.74, 6) is 0. The van der Waals surface area contributed by atoms with Crippen LogP contribution in [0.1, 0.15) is 11.4 Å². The Hall–Kier alpha value is -2.63. The molecule has 96 valence electrons. The predicted molar refractivity (Wildman–Crippen MR) is 72.0 cm³/mol. The van der Waals surface area contributed by atoms with E-state index in [-0.39, 0.29) is 0 Å². The van der Waals surface area contributed by atoms with E-state index in [0.717, 1.165) is 22.8 Å². The zero-order valence-corrected chi connectivity index (χ0v) is 10.5. The number of H-pyrrole nitrogens is 1. The Morgan fingerprint density at radius 3 is 2.95 bits per heavy atom. The zero-order valence-electron chi connectivity index (χ0n) is 10.5. The fourth-order valence-corrected chi connectivity index (χ4v) is 1.90. The minimum atomic E-state index is 0.668. The summed E-state index contributed by atoms with van der Waals surface area (Å²) < 4.78 is 1.74. The second-order valence-corrected chi connectivity index (χ2v) is 4.19. The molecule has 0 atom stereocenters. The van der Waals surface area contributed by atoms with E-state index in [9.17, 15) is 0 Å². The van der Waals surface area contributed by atoms with Crippen LogP contribution in [0.5, 0.6) is 0 Å². The number of nitrogens with zero attached hydrogens (tertiary/aromatic N) is 4. The second kappa shape index (κ2) is 4.93. The molecule has 1 aromatic carbocycles. The van der Waals surface area contributed by atoms with Crippen LogP contribution in [0.15, 0.2) is 43.0 Å². The summed E-state index contributed by atoms with van der Waals surface area (Å²) in [4.78, 5) is 7.34. The fraction of sp³-hybridized carbons (Fsp3) is 0.154. The van der Waals surface area contributed by atoms with Crippen molar-refractivity contribution in [1.29, 1.82) is 0 Å². The molecule has 0 aliphatic rings. The van der Waals surface area contributed by atoms with Gasteiger partial charge in [-0.2, -0.15) is 0 Å². The number of hydrogen-bond donors (Lipinski definition) is 2. The first-order valence-electron chi connectivity index (χ1n) is 6.03. The van der Waals surface area contributed by atoms with Crippen LogP contribution in [0.4, 0.5) is 5.69 Å². The van der Waals surface area contributed by atoms with Crippen molar-refractivity contribution in [2.45, 2.75) is 13.5 Å². The largest absolute Gasteiger partial charge is 0.378 e. The number of nitrogens with one attached hydrogen (secondary N) is 2. The average Bonchev–Trinajstić information content (AvgIpc) is 3.08. The molecule has 0 bridgehead atoms. The summed E-state index contributed by atoms with van der Waals surface area (Å²) >= 11 is 0. The molecule has 0 saturated heterocycles. The molecule has 0 fully saturated rings. The molecule has 6 nitrogen and oxygen atoms in total. The number of para-hydroxylation sites is 2. The predicted octanol–water partition coefficient (Wildman–Crippen LogP) is 1.91. The molecule has 19 heavy (non-hydrogen) atoms. The van der Waals surface area contributed by atoms with Crippen molar-refractivity contribution in [3.05, 3.63) is 54.4 Å². The van der Waals surface area contributed by atoms with Crippen molar-refractivity contribution in [3.63, 3.8) is 0 Å². The van der Waals surface area contributed by atoms with Gasteiger partial charge >= 0.3 is 0 Å². The minimum Gasteiger partial charge on any atom is -0.378 e. The van der Waals surface area contributed by atoms with Crippen LogP contribution in [-0.4, -0.2) is 25.0 Å². The molecule has 0 saturated carbocycles. The number of hydrogen-bond acceptors (Lipinski definition) is 4. The number of aryl methyl sites for hydroxylation is 1. The lowest BCUT2D eigenvalue weighted by molar-refractivity contribution is 0.803. The Kier molecular flexibility index (Phi) is 2.97. The molecule has 0 amide bonds. The van der Waals surface area contributed by atoms with E-state index in [1.807, 2.05) is 37.4 Å². The van der Waals surface area contributed by atoms with E-state index in [0.29, 0.717) is 6.54 Å². The van der Waals surface area contributed by atoms with Gasteiger partial charge in [0, 0.05) is 5.69 Å². The van der Waals surface area contributed by atoms with Gasteiger partial charge in [-0.25, -0.2) is 9.67 Å². The number of aromatic amines is 1. The van der Waals surface area contributed by atoms with Crippen molar-refractivity contribution in [3.8, 4) is 5.69 Å². The molecule has 3 rings (SSSR count). The topological polar surface area (TPSA) is 71.4 Å². The third kappa shape index (κ3) is 2.33. The lowest BCUT2D eigenvalue weighted by atomic mass is 10.2. The van der Waals surface area contributed by atoms with Gasteiger partial charge in [0.2, 0.25) is 0 Å². The van der Waals surface area contributed by atoms with Gasteiger partial charge in [0.25, 0.3) is 0 Å². The highest BCUT2D eigenvalue weighted by atomic mass is 15.4. The minimum absolute atomic E-state index is 0.668. The molecule has 0 radical (unpaired) electrons. The first kappa shape index (κ1) is 11.5. The third-order valence-corrected chi connectivity index (χ3v) is 2.95. The lowest BCUT2D eigenvalue weighted by Gasteiger charge is -2.10. The normalized spacial score (nSPS) is 10.6. The molecule has 6 heteroatoms. The Morgan fingerprint density at radius 2 is 2.21 bits per heavy atom. The van der Waals surface area contributed by atoms with Crippen LogP contribution in [0.25, 0.3) is 5.69 Å². The summed E-state index contributed by atoms with van der Waals surface area (Å²) in [5.41, 5.74) is 4.04. The molecular weight excluding hydrogens is 240 g/mol. The number of imidazole rings is 1. The van der Waals surface area contributed by atoms with E-state index >= 15 is 0 Å². The van der Waals surface area contributed by atoms with E-state index < -0.39 is 0 Å². The molecule has 3 aromatic rings. The highest BCUT2D eigenvalue weighted by Crippen LogP contribution is 2.19. The van der Waals surface area contributed by atoms with Crippen LogP contribution in [0, 0.1) is 6.92 Å². The molecule has 0 aliphatic heterocycles. The Labute approximate surface area is 110 Å². The Morgan fingerprint density at radius 1 is 1.32 bits per heavy atom. The first-order chi connectivity index (χ1) is 9.34. The Balaban J connectivity index is 1.84. The second-order valence-electron chi connectivity index (χ2n) is 4.19. The van der Waals surface area contributed by atoms with Crippen molar-refractivity contribution in [1.82, 2.24) is 25.0 Å². The van der Waals surface area contributed by atoms with Crippen molar-refractivity contribution >= 4 is 5.69 Å². The van der Waals surface area contributed by atoms with Gasteiger partial charge in [0.15, 0.2) is 0 Å². The highest BCUT2D eigenvalue weighted by molar-refractivity contribution is 5.60. The quantitative estimate of drug-likeness (QED) is 0.746. The number of aromatic nitrogens is 5. The molecule has 2 heterocycles. The third-order valence-electron chi connectivity index (χ3n) is 2.95. The number of rotatable bonds is 4. The van der Waals surface area contributed by atoms with Gasteiger partial charge in [-0.1, -0.05) is 17.3 Å². The van der Waals surface area contributed by atoms with Gasteiger partial charge in [-0.05, 0) is 19.1 Å². The van der Waals surface area contributed by atoms with Gasteiger partial charge in [0.05, 0.1) is 42.3 Å². The van der Waals surface area contributed by atoms with E-state index in [1.54, 1.807) is 17.2 Å². The maximum absolute atomic E-state index is 4.27. The Bertz CT molecular complexity index is 655. The van der Waals surface area contributed by atoms with E-state index in [1.165, 1.54) is 0 Å². The van der Waals surface area contributed by atoms with E-state index in [4.69, 9.17) is 0 Å². The van der Waals surface area contributed by atoms with Crippen LogP contribution in [0.2, 0.25) is 0 Å². The molecular formula is C13H14N6. The summed E-state index contributed by atoms with van der Waals surface area (Å²) in [6.07, 6.45) is 5.19. The van der Waals surface area contributed by atoms with Gasteiger partial charge in [-0.15, -0.1) is 5.10 Å². The number of benzene rings is 1. The molecule has 2 N–H and O–H groups in total. The summed E-state index contributed by atoms with van der Waals surface area (Å²) in [6, 6.07) is 7.97. The van der Waals surface area contributed by atoms with Gasteiger partial charge in [-0.3, -0.25) is 0 Å². The number of anilines is 1. The van der Waals surface area contributed by atoms with Crippen LogP contribution < -0.4 is 5.32 Å². The van der Waals surface area contributed by atoms with Crippen molar-refractivity contribution in [2.75, 3.05) is 5.32 Å². The average molecular weight is 254 g/mol. The summed E-state index contributed by atoms with van der Waals surface area (Å²) in [7, 11) is 0. The smallest absolute Gasteiger partial charge is 0.0925 e. The molecule has 0 spiro atoms. The van der Waals surface area contributed by atoms with Crippen LogP contribution in [0.3, 0.4) is 0 Å². The zero-order chi connectivity index (χ0) is 13.1. The highest BCUT2D eigenvalue weighted by Gasteiger charge is 2.06. The fourth-order valence-electron chi connectivity index (χ4n) is 1.90. The molecule has 2 aromatic heterocycles. The monoisotopic (exact) mass is 254 g/mol. The summed E-state index contributed by atoms with van der Waals surface area (Å²) in [6.45, 7) is 2.67. The lowest BCUT2D eigenvalue weighted by Crippen LogP contribution is -2.06. The van der Waals surface area contributed by atoms with Gasteiger partial charge < -0.3 is 10.3 Å². The van der Waals surface area contributed by atoms with Gasteiger partial charge in [0.1, 0.15) is 0 Å². The maximum Gasteiger partial charge on any atom is 0.0925 e. The molecule has 0 unspecified atom stereocenters. The van der Waals surface area contributed by atoms with E-state index in [2.05, 4.69) is 25.6 Å². The maximum atomic E-state index is 4.27. The standard InChI is InChI=1S/C13H14N6/c1-10-12(16-9-15-10)8-14-11-4-2-3-5-13(11)19-7-6-17-18-19/h2-7,9,14H,8H2,1H3,(H,15,16).